The van der Waals surface area contributed by atoms with E-state index in [1.807, 2.05) is 12.1 Å². The van der Waals surface area contributed by atoms with Crippen LogP contribution < -0.4 is 5.73 Å². The lowest BCUT2D eigenvalue weighted by molar-refractivity contribution is 0.0782. The van der Waals surface area contributed by atoms with Gasteiger partial charge < -0.3 is 20.8 Å². The average molecular weight is 272 g/mol. The van der Waals surface area contributed by atoms with Crippen LogP contribution in [0.2, 0.25) is 0 Å². The van der Waals surface area contributed by atoms with Crippen LogP contribution in [-0.2, 0) is 6.54 Å². The average Bonchev–Trinajstić information content (AvgIpc) is 2.40. The van der Waals surface area contributed by atoms with Crippen molar-refractivity contribution in [3.63, 3.8) is 0 Å². The van der Waals surface area contributed by atoms with Crippen LogP contribution >= 0.6 is 0 Å². The number of phenols is 2. The number of phenolic OH excluding ortho intramolecular Hbond substituents is 2. The van der Waals surface area contributed by atoms with Crippen LogP contribution in [0.1, 0.15) is 15.9 Å². The number of nitrogens with two attached hydrogens (primary N) is 1. The molecule has 2 rings (SSSR count). The molecule has 0 aliphatic rings. The molecule has 5 heteroatoms. The number of carbonyl (C=O) groups excluding carboxylic acids is 1. The minimum absolute atomic E-state index is 0.0831. The molecule has 0 saturated carbocycles. The lowest BCUT2D eigenvalue weighted by Gasteiger charge is -2.18. The normalized spacial score (nSPS) is 10.2. The second-order valence-corrected chi connectivity index (χ2v) is 4.60. The van der Waals surface area contributed by atoms with Gasteiger partial charge in [-0.2, -0.15) is 0 Å². The van der Waals surface area contributed by atoms with E-state index >= 15 is 0 Å². The van der Waals surface area contributed by atoms with Crippen molar-refractivity contribution < 1.29 is 15.0 Å². The van der Waals surface area contributed by atoms with Crippen LogP contribution in [0.15, 0.2) is 42.5 Å². The summed E-state index contributed by atoms with van der Waals surface area (Å²) in [5, 5.41) is 18.9. The fourth-order valence-electron chi connectivity index (χ4n) is 1.88. The maximum atomic E-state index is 12.2. The first-order valence-corrected chi connectivity index (χ1v) is 6.09. The summed E-state index contributed by atoms with van der Waals surface area (Å²) in [5.74, 6) is -0.640. The van der Waals surface area contributed by atoms with Gasteiger partial charge in [0.2, 0.25) is 0 Å². The molecule has 1 amide bonds. The second-order valence-electron chi connectivity index (χ2n) is 4.60. The van der Waals surface area contributed by atoms with E-state index in [4.69, 9.17) is 5.73 Å². The van der Waals surface area contributed by atoms with Crippen molar-refractivity contribution in [2.45, 2.75) is 6.54 Å². The van der Waals surface area contributed by atoms with Gasteiger partial charge in [-0.05, 0) is 29.8 Å². The van der Waals surface area contributed by atoms with Gasteiger partial charge in [0.05, 0.1) is 5.56 Å². The molecule has 0 aromatic heterocycles. The van der Waals surface area contributed by atoms with E-state index in [1.54, 1.807) is 19.2 Å². The summed E-state index contributed by atoms with van der Waals surface area (Å²) in [5.41, 5.74) is 7.36. The molecule has 0 saturated heterocycles. The first-order valence-electron chi connectivity index (χ1n) is 6.09. The van der Waals surface area contributed by atoms with Gasteiger partial charge in [0.15, 0.2) is 0 Å². The van der Waals surface area contributed by atoms with E-state index in [9.17, 15) is 15.0 Å². The first-order chi connectivity index (χ1) is 9.47. The molecule has 0 aliphatic heterocycles. The number of nitrogen functional groups attached to an aromatic ring is 1. The number of nitrogens with zero attached hydrogens (tertiary/aromatic N) is 1. The molecule has 0 radical (unpaired) electrons. The zero-order chi connectivity index (χ0) is 14.7. The first kappa shape index (κ1) is 13.7. The van der Waals surface area contributed by atoms with E-state index in [1.165, 1.54) is 17.0 Å². The molecule has 0 fully saturated rings. The highest BCUT2D eigenvalue weighted by Gasteiger charge is 2.16. The summed E-state index contributed by atoms with van der Waals surface area (Å²) in [4.78, 5) is 13.7. The van der Waals surface area contributed by atoms with Crippen molar-refractivity contribution in [3.05, 3.63) is 53.6 Å². The van der Waals surface area contributed by atoms with Crippen molar-refractivity contribution in [2.24, 2.45) is 0 Å². The van der Waals surface area contributed by atoms with E-state index in [0.29, 0.717) is 12.2 Å². The summed E-state index contributed by atoms with van der Waals surface area (Å²) in [7, 11) is 1.64. The molecule has 104 valence electrons. The number of rotatable bonds is 3. The summed E-state index contributed by atoms with van der Waals surface area (Å²) >= 11 is 0. The minimum atomic E-state index is -0.320. The van der Waals surface area contributed by atoms with Crippen molar-refractivity contribution in [1.29, 1.82) is 0 Å². The van der Waals surface area contributed by atoms with Crippen LogP contribution in [0.5, 0.6) is 11.5 Å². The fraction of sp³-hybridized carbons (Fsp3) is 0.133. The van der Waals surface area contributed by atoms with E-state index in [0.717, 1.165) is 11.6 Å². The maximum absolute atomic E-state index is 12.2. The number of hydrogen-bond acceptors (Lipinski definition) is 4. The Morgan fingerprint density at radius 3 is 2.40 bits per heavy atom. The summed E-state index contributed by atoms with van der Waals surface area (Å²) in [6, 6.07) is 11.1. The maximum Gasteiger partial charge on any atom is 0.257 e. The second kappa shape index (κ2) is 5.52. The van der Waals surface area contributed by atoms with Crippen molar-refractivity contribution >= 4 is 11.6 Å². The number of anilines is 1. The van der Waals surface area contributed by atoms with Crippen LogP contribution in [0.3, 0.4) is 0 Å². The molecule has 20 heavy (non-hydrogen) atoms. The van der Waals surface area contributed by atoms with Gasteiger partial charge in [0, 0.05) is 25.3 Å². The third kappa shape index (κ3) is 3.00. The largest absolute Gasteiger partial charge is 0.508 e. The third-order valence-electron chi connectivity index (χ3n) is 2.96. The van der Waals surface area contributed by atoms with Crippen molar-refractivity contribution in [3.8, 4) is 11.5 Å². The van der Waals surface area contributed by atoms with Crippen LogP contribution in [0, 0.1) is 0 Å². The highest BCUT2D eigenvalue weighted by molar-refractivity contribution is 5.96. The molecule has 0 aliphatic carbocycles. The quantitative estimate of drug-likeness (QED) is 0.745. The Morgan fingerprint density at radius 1 is 1.15 bits per heavy atom. The Bertz CT molecular complexity index is 624. The number of benzene rings is 2. The van der Waals surface area contributed by atoms with Crippen LogP contribution in [0.25, 0.3) is 0 Å². The van der Waals surface area contributed by atoms with E-state index in [2.05, 4.69) is 0 Å². The van der Waals surface area contributed by atoms with Gasteiger partial charge in [-0.1, -0.05) is 12.1 Å². The Hall–Kier alpha value is -2.69. The monoisotopic (exact) mass is 272 g/mol. The Balaban J connectivity index is 2.14. The predicted molar refractivity (Wildman–Crippen MR) is 76.4 cm³/mol. The van der Waals surface area contributed by atoms with Gasteiger partial charge in [-0.15, -0.1) is 0 Å². The van der Waals surface area contributed by atoms with Crippen molar-refractivity contribution in [1.82, 2.24) is 4.90 Å². The number of hydrogen-bond donors (Lipinski definition) is 3. The number of aromatic hydroxyl groups is 2. The molecule has 0 heterocycles. The zero-order valence-electron chi connectivity index (χ0n) is 11.1. The summed E-state index contributed by atoms with van der Waals surface area (Å²) in [6.07, 6.45) is 0. The molecular weight excluding hydrogens is 256 g/mol. The summed E-state index contributed by atoms with van der Waals surface area (Å²) in [6.45, 7) is 0.402. The molecule has 0 unspecified atom stereocenters. The van der Waals surface area contributed by atoms with Crippen LogP contribution in [0.4, 0.5) is 5.69 Å². The van der Waals surface area contributed by atoms with Gasteiger partial charge in [-0.3, -0.25) is 4.79 Å². The lowest BCUT2D eigenvalue weighted by Crippen LogP contribution is -2.26. The smallest absolute Gasteiger partial charge is 0.257 e. The number of carbonyl (C=O) groups is 1. The Kier molecular flexibility index (Phi) is 3.79. The highest BCUT2D eigenvalue weighted by Crippen LogP contribution is 2.24. The molecule has 5 nitrogen and oxygen atoms in total. The van der Waals surface area contributed by atoms with E-state index < -0.39 is 0 Å². The standard InChI is InChI=1S/C15H16N2O3/c1-17(9-10-2-4-11(16)5-3-10)15(20)13-7-6-12(18)8-14(13)19/h2-8,18-19H,9,16H2,1H3. The Morgan fingerprint density at radius 2 is 1.80 bits per heavy atom. The highest BCUT2D eigenvalue weighted by atomic mass is 16.3. The van der Waals surface area contributed by atoms with Crippen LogP contribution in [-0.4, -0.2) is 28.1 Å². The third-order valence-corrected chi connectivity index (χ3v) is 2.96. The SMILES string of the molecule is CN(Cc1ccc(N)cc1)C(=O)c1ccc(O)cc1O. The molecule has 0 bridgehead atoms. The molecule has 0 atom stereocenters. The Labute approximate surface area is 116 Å². The van der Waals surface area contributed by atoms with Gasteiger partial charge in [0.25, 0.3) is 5.91 Å². The molecule has 2 aromatic carbocycles. The predicted octanol–water partition coefficient (Wildman–Crippen LogP) is 1.95. The topological polar surface area (TPSA) is 86.8 Å². The fourth-order valence-corrected chi connectivity index (χ4v) is 1.88. The van der Waals surface area contributed by atoms with Gasteiger partial charge >= 0.3 is 0 Å². The molecule has 4 N–H and O–H groups in total. The van der Waals surface area contributed by atoms with E-state index in [-0.39, 0.29) is 23.0 Å². The number of amides is 1. The van der Waals surface area contributed by atoms with Gasteiger partial charge in [0.1, 0.15) is 11.5 Å². The molecule has 2 aromatic rings. The zero-order valence-corrected chi connectivity index (χ0v) is 11.1. The summed E-state index contributed by atoms with van der Waals surface area (Å²) < 4.78 is 0. The molecule has 0 spiro atoms. The van der Waals surface area contributed by atoms with Gasteiger partial charge in [-0.25, -0.2) is 0 Å². The molecular formula is C15H16N2O3. The minimum Gasteiger partial charge on any atom is -0.508 e. The lowest BCUT2D eigenvalue weighted by atomic mass is 10.1. The van der Waals surface area contributed by atoms with Crippen molar-refractivity contribution in [2.75, 3.05) is 12.8 Å².